The van der Waals surface area contributed by atoms with Crippen LogP contribution >= 0.6 is 0 Å². The van der Waals surface area contributed by atoms with E-state index in [2.05, 4.69) is 20.2 Å². The zero-order valence-electron chi connectivity index (χ0n) is 18.1. The Labute approximate surface area is 190 Å². The first-order chi connectivity index (χ1) is 16.1. The van der Waals surface area contributed by atoms with Crippen LogP contribution in [-0.2, 0) is 11.3 Å². The Balaban J connectivity index is 1.48. The number of halogens is 1. The number of rotatable bonds is 6. The van der Waals surface area contributed by atoms with Gasteiger partial charge in [-0.15, -0.1) is 4.80 Å². The number of nitrogens with zero attached hydrogens (tertiary/aromatic N) is 6. The molecule has 4 aromatic rings. The highest BCUT2D eigenvalue weighted by Crippen LogP contribution is 2.32. The minimum absolute atomic E-state index is 0.271. The Bertz CT molecular complexity index is 1250. The number of hydrogen-bond donors (Lipinski definition) is 0. The molecule has 2 aromatic heterocycles. The van der Waals surface area contributed by atoms with Gasteiger partial charge in [-0.1, -0.05) is 12.1 Å². The number of benzene rings is 2. The lowest BCUT2D eigenvalue weighted by atomic mass is 10.1. The van der Waals surface area contributed by atoms with Gasteiger partial charge in [-0.3, -0.25) is 9.48 Å². The molecule has 1 unspecified atom stereocenters. The molecule has 3 heterocycles. The van der Waals surface area contributed by atoms with E-state index < -0.39 is 0 Å². The van der Waals surface area contributed by atoms with E-state index in [1.165, 1.54) is 16.9 Å². The SMILES string of the molecule is Cc1cc(C=O)c(-n2nccn2)c(N2CCCOC2Cn2cc(-c3ccc(F)cc3)cn2)c1. The van der Waals surface area contributed by atoms with Gasteiger partial charge in [-0.05, 0) is 48.7 Å². The zero-order valence-corrected chi connectivity index (χ0v) is 18.1. The molecule has 5 rings (SSSR count). The number of carbonyl (C=O) groups excluding carboxylic acids is 1. The van der Waals surface area contributed by atoms with Gasteiger partial charge in [-0.2, -0.15) is 15.3 Å². The number of ether oxygens (including phenoxy) is 1. The molecule has 0 amide bonds. The van der Waals surface area contributed by atoms with E-state index in [4.69, 9.17) is 4.74 Å². The lowest BCUT2D eigenvalue weighted by Crippen LogP contribution is -2.46. The van der Waals surface area contributed by atoms with Crippen LogP contribution in [0.4, 0.5) is 10.1 Å². The molecule has 0 saturated carbocycles. The Hall–Kier alpha value is -3.85. The summed E-state index contributed by atoms with van der Waals surface area (Å²) in [6.07, 6.45) is 8.25. The third-order valence-electron chi connectivity index (χ3n) is 5.67. The monoisotopic (exact) mass is 446 g/mol. The molecular formula is C24H23FN6O2. The predicted molar refractivity (Wildman–Crippen MR) is 121 cm³/mol. The van der Waals surface area contributed by atoms with Gasteiger partial charge < -0.3 is 9.64 Å². The van der Waals surface area contributed by atoms with Crippen molar-refractivity contribution in [3.8, 4) is 16.8 Å². The molecule has 0 N–H and O–H groups in total. The number of hydrogen-bond acceptors (Lipinski definition) is 6. The summed E-state index contributed by atoms with van der Waals surface area (Å²) < 4.78 is 21.2. The molecular weight excluding hydrogens is 423 g/mol. The molecule has 1 atom stereocenters. The summed E-state index contributed by atoms with van der Waals surface area (Å²) >= 11 is 0. The maximum Gasteiger partial charge on any atom is 0.152 e. The number of carbonyl (C=O) groups is 1. The van der Waals surface area contributed by atoms with Crippen molar-refractivity contribution in [1.82, 2.24) is 24.8 Å². The minimum atomic E-state index is -0.296. The summed E-state index contributed by atoms with van der Waals surface area (Å²) in [5, 5.41) is 13.0. The van der Waals surface area contributed by atoms with Crippen LogP contribution in [-0.4, -0.2) is 50.4 Å². The van der Waals surface area contributed by atoms with Gasteiger partial charge in [0.1, 0.15) is 17.7 Å². The highest BCUT2D eigenvalue weighted by Gasteiger charge is 2.28. The molecule has 33 heavy (non-hydrogen) atoms. The standard InChI is InChI=1S/C24H23FN6O2/c1-17-11-19(16-32)24(31-26-7-8-27-31)22(12-17)30-9-2-10-33-23(30)15-29-14-20(13-28-29)18-3-5-21(25)6-4-18/h3-8,11-14,16,23H,2,9-10,15H2,1H3. The molecule has 0 radical (unpaired) electrons. The van der Waals surface area contributed by atoms with Crippen molar-refractivity contribution in [3.63, 3.8) is 0 Å². The van der Waals surface area contributed by atoms with Gasteiger partial charge in [0.05, 0.1) is 37.4 Å². The molecule has 1 aliphatic rings. The van der Waals surface area contributed by atoms with Crippen LogP contribution in [0.25, 0.3) is 16.8 Å². The van der Waals surface area contributed by atoms with Gasteiger partial charge in [0.2, 0.25) is 0 Å². The Morgan fingerprint density at radius 1 is 1.12 bits per heavy atom. The zero-order chi connectivity index (χ0) is 22.8. The summed E-state index contributed by atoms with van der Waals surface area (Å²) in [7, 11) is 0. The maximum absolute atomic E-state index is 13.3. The van der Waals surface area contributed by atoms with Crippen LogP contribution in [0.3, 0.4) is 0 Å². The fourth-order valence-electron chi connectivity index (χ4n) is 4.18. The van der Waals surface area contributed by atoms with Crippen molar-refractivity contribution < 1.29 is 13.9 Å². The lowest BCUT2D eigenvalue weighted by molar-refractivity contribution is 0.0132. The van der Waals surface area contributed by atoms with E-state index in [-0.39, 0.29) is 12.0 Å². The van der Waals surface area contributed by atoms with Crippen LogP contribution in [0.15, 0.2) is 61.2 Å². The van der Waals surface area contributed by atoms with E-state index in [9.17, 15) is 9.18 Å². The Morgan fingerprint density at radius 2 is 1.91 bits per heavy atom. The third kappa shape index (κ3) is 4.27. The third-order valence-corrected chi connectivity index (χ3v) is 5.67. The fourth-order valence-corrected chi connectivity index (χ4v) is 4.18. The lowest BCUT2D eigenvalue weighted by Gasteiger charge is -2.38. The number of aromatic nitrogens is 5. The predicted octanol–water partition coefficient (Wildman–Crippen LogP) is 3.64. The fraction of sp³-hybridized carbons (Fsp3) is 0.250. The average molecular weight is 446 g/mol. The smallest absolute Gasteiger partial charge is 0.152 e. The highest BCUT2D eigenvalue weighted by atomic mass is 19.1. The van der Waals surface area contributed by atoms with Crippen molar-refractivity contribution in [2.24, 2.45) is 0 Å². The van der Waals surface area contributed by atoms with Crippen molar-refractivity contribution in [3.05, 3.63) is 78.1 Å². The molecule has 0 aliphatic carbocycles. The second-order valence-electron chi connectivity index (χ2n) is 7.99. The highest BCUT2D eigenvalue weighted by molar-refractivity contribution is 5.86. The van der Waals surface area contributed by atoms with Crippen LogP contribution in [0.1, 0.15) is 22.3 Å². The maximum atomic E-state index is 13.3. The van der Waals surface area contributed by atoms with Crippen molar-refractivity contribution in [2.75, 3.05) is 18.1 Å². The summed E-state index contributed by atoms with van der Waals surface area (Å²) in [6.45, 7) is 3.83. The minimum Gasteiger partial charge on any atom is -0.356 e. The number of aldehydes is 1. The normalized spacial score (nSPS) is 16.2. The Morgan fingerprint density at radius 3 is 2.67 bits per heavy atom. The topological polar surface area (TPSA) is 78.1 Å². The van der Waals surface area contributed by atoms with E-state index >= 15 is 0 Å². The molecule has 1 saturated heterocycles. The first-order valence-corrected chi connectivity index (χ1v) is 10.8. The van der Waals surface area contributed by atoms with Crippen LogP contribution < -0.4 is 4.90 Å². The molecule has 1 aliphatic heterocycles. The van der Waals surface area contributed by atoms with Crippen molar-refractivity contribution >= 4 is 12.0 Å². The van der Waals surface area contributed by atoms with E-state index in [0.717, 1.165) is 41.6 Å². The largest absolute Gasteiger partial charge is 0.356 e. The van der Waals surface area contributed by atoms with Crippen LogP contribution in [0.2, 0.25) is 0 Å². The number of anilines is 1. The van der Waals surface area contributed by atoms with Crippen LogP contribution in [0.5, 0.6) is 0 Å². The summed E-state index contributed by atoms with van der Waals surface area (Å²) in [5.74, 6) is -0.271. The van der Waals surface area contributed by atoms with Gasteiger partial charge in [0.15, 0.2) is 6.29 Å². The average Bonchev–Trinajstić information content (AvgIpc) is 3.52. The van der Waals surface area contributed by atoms with Gasteiger partial charge >= 0.3 is 0 Å². The molecule has 168 valence electrons. The first-order valence-electron chi connectivity index (χ1n) is 10.8. The summed E-state index contributed by atoms with van der Waals surface area (Å²) in [6, 6.07) is 10.2. The summed E-state index contributed by atoms with van der Waals surface area (Å²) in [5.41, 5.74) is 4.74. The molecule has 9 heteroatoms. The Kier molecular flexibility index (Phi) is 5.70. The van der Waals surface area contributed by atoms with Gasteiger partial charge in [0, 0.05) is 23.9 Å². The second-order valence-corrected chi connectivity index (χ2v) is 7.99. The van der Waals surface area contributed by atoms with E-state index in [1.54, 1.807) is 30.7 Å². The van der Waals surface area contributed by atoms with Gasteiger partial charge in [0.25, 0.3) is 0 Å². The molecule has 2 aromatic carbocycles. The second kappa shape index (κ2) is 8.95. The molecule has 1 fully saturated rings. The molecule has 0 bridgehead atoms. The van der Waals surface area contributed by atoms with E-state index in [0.29, 0.717) is 24.4 Å². The summed E-state index contributed by atoms with van der Waals surface area (Å²) in [4.78, 5) is 15.5. The quantitative estimate of drug-likeness (QED) is 0.421. The molecule has 0 spiro atoms. The van der Waals surface area contributed by atoms with Crippen molar-refractivity contribution in [1.29, 1.82) is 0 Å². The van der Waals surface area contributed by atoms with Crippen molar-refractivity contribution in [2.45, 2.75) is 26.1 Å². The number of aryl methyl sites for hydroxylation is 1. The van der Waals surface area contributed by atoms with Crippen LogP contribution in [0, 0.1) is 12.7 Å². The van der Waals surface area contributed by atoms with E-state index in [1.807, 2.05) is 29.9 Å². The first kappa shape index (κ1) is 21.0. The molecule has 8 nitrogen and oxygen atoms in total. The van der Waals surface area contributed by atoms with Gasteiger partial charge in [-0.25, -0.2) is 4.39 Å².